The molecule has 13 rings (SSSR count). The Balaban J connectivity index is 1.03. The number of hydrogen-bond donors (Lipinski definition) is 2. The molecule has 5 aromatic rings. The Morgan fingerprint density at radius 1 is 0.479 bits per heavy atom. The summed E-state index contributed by atoms with van der Waals surface area (Å²) in [4.78, 5) is 18.8. The maximum Gasteiger partial charge on any atom is 0.351 e. The van der Waals surface area contributed by atoms with Gasteiger partial charge in [0.2, 0.25) is 11.9 Å². The molecule has 0 aromatic heterocycles. The van der Waals surface area contributed by atoms with Gasteiger partial charge in [-0.05, 0) is 111 Å². The fraction of sp³-hybridized carbons (Fsp3) is 0.458. The molecular weight excluding hydrogens is 951 g/mol. The van der Waals surface area contributed by atoms with Gasteiger partial charge in [0.15, 0.2) is 0 Å². The van der Waals surface area contributed by atoms with Crippen molar-refractivity contribution >= 4 is 48.6 Å². The first-order chi connectivity index (χ1) is 35.6. The van der Waals surface area contributed by atoms with Gasteiger partial charge in [0.1, 0.15) is 11.5 Å². The number of aryl methyl sites for hydroxylation is 1. The highest BCUT2D eigenvalue weighted by Gasteiger charge is 2.74. The smallest absolute Gasteiger partial charge is 0.351 e. The Bertz CT molecular complexity index is 3100. The zero-order valence-electron chi connectivity index (χ0n) is 42.0. The molecule has 0 amide bonds. The lowest BCUT2D eigenvalue weighted by molar-refractivity contribution is -0.0633. The van der Waals surface area contributed by atoms with E-state index in [1.54, 1.807) is 4.90 Å². The van der Waals surface area contributed by atoms with E-state index < -0.39 is 25.9 Å². The molecule has 8 aliphatic rings. The van der Waals surface area contributed by atoms with E-state index >= 15 is 9.13 Å². The van der Waals surface area contributed by atoms with Crippen LogP contribution in [0, 0.1) is 6.92 Å². The van der Waals surface area contributed by atoms with E-state index in [0.717, 1.165) is 156 Å². The second-order valence-electron chi connectivity index (χ2n) is 21.9. The topological polar surface area (TPSA) is 131 Å². The van der Waals surface area contributed by atoms with Crippen molar-refractivity contribution in [3.8, 4) is 33.8 Å². The maximum absolute atomic E-state index is 16.9. The Kier molecular flexibility index (Phi) is 12.0. The summed E-state index contributed by atoms with van der Waals surface area (Å²) in [6, 6.07) is 36.3. The second-order valence-corrected chi connectivity index (χ2v) is 26.7. The van der Waals surface area contributed by atoms with E-state index in [-0.39, 0.29) is 24.2 Å². The van der Waals surface area contributed by atoms with Crippen LogP contribution in [0.2, 0.25) is 0 Å². The monoisotopic (exact) mass is 1020 g/mol. The molecule has 4 atom stereocenters. The van der Waals surface area contributed by atoms with Gasteiger partial charge >= 0.3 is 25.9 Å². The average molecular weight is 1020 g/mol. The quantitative estimate of drug-likeness (QED) is 0.145. The summed E-state index contributed by atoms with van der Waals surface area (Å²) in [7, 11) is -8.72. The largest absolute Gasteiger partial charge is 0.435 e. The molecule has 14 heteroatoms. The van der Waals surface area contributed by atoms with Gasteiger partial charge in [-0.3, -0.25) is 28.7 Å². The third-order valence-corrected chi connectivity index (χ3v) is 22.8. The van der Waals surface area contributed by atoms with Gasteiger partial charge in [0.05, 0.1) is 34.1 Å². The van der Waals surface area contributed by atoms with Gasteiger partial charge < -0.3 is 19.3 Å². The van der Waals surface area contributed by atoms with Gasteiger partial charge in [0.25, 0.3) is 0 Å². The molecule has 4 aliphatic heterocycles. The van der Waals surface area contributed by atoms with Crippen LogP contribution in [-0.2, 0) is 9.13 Å². The number of fused-ring (bicyclic) bond motifs is 6. The number of aliphatic imine (C=N–C) groups is 2. The molecular formula is C59H68N6O6P2. The van der Waals surface area contributed by atoms with Crippen molar-refractivity contribution in [1.29, 1.82) is 0 Å². The minimum Gasteiger partial charge on any atom is -0.435 e. The van der Waals surface area contributed by atoms with Crippen LogP contribution in [0.3, 0.4) is 0 Å². The lowest BCUT2D eigenvalue weighted by Gasteiger charge is -2.64. The average Bonchev–Trinajstić information content (AvgIpc) is 3.44. The van der Waals surface area contributed by atoms with Crippen molar-refractivity contribution in [2.24, 2.45) is 9.98 Å². The minimum absolute atomic E-state index is 0.0156. The van der Waals surface area contributed by atoms with E-state index in [9.17, 15) is 10.2 Å². The van der Waals surface area contributed by atoms with Crippen molar-refractivity contribution in [3.05, 3.63) is 121 Å². The molecule has 4 saturated carbocycles. The van der Waals surface area contributed by atoms with Crippen LogP contribution in [0.1, 0.15) is 134 Å². The SMILES string of the molecule is Cc1ccc(N2/C(=N\C3CCCCC3)N(C3CCCCC3)C2(O)P2(=O)Oc3ccccc3-c3ccccc32)cc1N1/C(=N/C2CCCCC2)N(C2CCCCC2)C1(O)P1(=O)Oc2ccccc2-c2ccccc21. The molecule has 2 N–H and O–H groups in total. The highest BCUT2D eigenvalue weighted by molar-refractivity contribution is 7.69. The van der Waals surface area contributed by atoms with E-state index in [4.69, 9.17) is 19.0 Å². The standard InChI is InChI=1S/C59H68N6O6P2/c1-41-38-39-46(64-56(60-42-22-6-2-7-23-42)62(44-26-10-4-11-27-44)58(64,66)72(68)54-36-20-16-32-49(54)47-30-14-18-34-52(47)70-72)40-51(41)65-57(61-43-24-8-3-9-25-43)63(45-28-12-5-13-29-45)59(65,67)73(69)55-37-21-17-33-50(55)48-31-15-19-35-53(48)71-73/h14-21,30-40,42-45,66-67H,2-13,22-29H2,1H3/b60-56-,61-57+. The van der Waals surface area contributed by atoms with Crippen LogP contribution in [-0.4, -0.2) is 67.3 Å². The van der Waals surface area contributed by atoms with Crippen molar-refractivity contribution in [2.75, 3.05) is 9.80 Å². The number of nitrogens with zero attached hydrogens (tertiary/aromatic N) is 6. The minimum atomic E-state index is -4.36. The van der Waals surface area contributed by atoms with Crippen LogP contribution in [0.4, 0.5) is 11.4 Å². The van der Waals surface area contributed by atoms with Crippen molar-refractivity contribution in [1.82, 2.24) is 9.80 Å². The lowest BCUT2D eigenvalue weighted by atomic mass is 9.92. The van der Waals surface area contributed by atoms with E-state index in [0.29, 0.717) is 45.4 Å². The summed E-state index contributed by atoms with van der Waals surface area (Å²) in [6.07, 6.45) is 19.7. The summed E-state index contributed by atoms with van der Waals surface area (Å²) >= 11 is 0. The molecule has 4 aliphatic carbocycles. The van der Waals surface area contributed by atoms with Gasteiger partial charge in [-0.1, -0.05) is 156 Å². The first kappa shape index (κ1) is 47.3. The van der Waals surface area contributed by atoms with Crippen molar-refractivity contribution < 1.29 is 28.4 Å². The van der Waals surface area contributed by atoms with Crippen molar-refractivity contribution in [3.63, 3.8) is 0 Å². The molecule has 6 fully saturated rings. The fourth-order valence-corrected chi connectivity index (χ4v) is 19.3. The highest BCUT2D eigenvalue weighted by atomic mass is 31.2. The van der Waals surface area contributed by atoms with Gasteiger partial charge in [-0.2, -0.15) is 0 Å². The number of guanidine groups is 2. The number of para-hydroxylation sites is 2. The highest BCUT2D eigenvalue weighted by Crippen LogP contribution is 2.71. The molecule has 12 nitrogen and oxygen atoms in total. The number of benzene rings is 5. The fourth-order valence-electron chi connectivity index (χ4n) is 13.7. The Labute approximate surface area is 430 Å². The van der Waals surface area contributed by atoms with E-state index in [1.165, 1.54) is 0 Å². The van der Waals surface area contributed by atoms with Crippen LogP contribution in [0.25, 0.3) is 22.3 Å². The first-order valence-corrected chi connectivity index (χ1v) is 30.8. The number of anilines is 2. The Morgan fingerprint density at radius 3 is 1.33 bits per heavy atom. The van der Waals surface area contributed by atoms with E-state index in [2.05, 4.69) is 0 Å². The van der Waals surface area contributed by atoms with E-state index in [1.807, 2.05) is 137 Å². The summed E-state index contributed by atoms with van der Waals surface area (Å²) in [5.74, 6) is 2.09. The second kappa shape index (κ2) is 18.5. The summed E-state index contributed by atoms with van der Waals surface area (Å²) in [5, 5.41) is 29.6. The molecule has 4 unspecified atom stereocenters. The van der Waals surface area contributed by atoms with Crippen molar-refractivity contribution in [2.45, 2.75) is 171 Å². The molecule has 0 radical (unpaired) electrons. The molecule has 0 bridgehead atoms. The van der Waals surface area contributed by atoms with Crippen LogP contribution >= 0.6 is 14.7 Å². The predicted molar refractivity (Wildman–Crippen MR) is 292 cm³/mol. The number of rotatable bonds is 8. The van der Waals surface area contributed by atoms with Gasteiger partial charge in [0, 0.05) is 23.2 Å². The normalized spacial score (nSPS) is 29.8. The Morgan fingerprint density at radius 2 is 0.863 bits per heavy atom. The number of aliphatic hydroxyl groups is 2. The predicted octanol–water partition coefficient (Wildman–Crippen LogP) is 12.8. The maximum atomic E-state index is 16.9. The van der Waals surface area contributed by atoms with Crippen LogP contribution in [0.15, 0.2) is 125 Å². The zero-order chi connectivity index (χ0) is 49.5. The summed E-state index contributed by atoms with van der Waals surface area (Å²) in [6.45, 7) is 2.01. The molecule has 5 aromatic carbocycles. The molecule has 380 valence electrons. The van der Waals surface area contributed by atoms with Gasteiger partial charge in [-0.25, -0.2) is 9.98 Å². The molecule has 73 heavy (non-hydrogen) atoms. The summed E-state index contributed by atoms with van der Waals surface area (Å²) in [5.41, 5.74) is 0.667. The molecule has 2 saturated heterocycles. The van der Waals surface area contributed by atoms with Crippen LogP contribution < -0.4 is 29.5 Å². The molecule has 0 spiro atoms. The third-order valence-electron chi connectivity index (χ3n) is 17.4. The lowest BCUT2D eigenvalue weighted by Crippen LogP contribution is -2.82. The summed E-state index contributed by atoms with van der Waals surface area (Å²) < 4.78 is 47.6. The zero-order valence-corrected chi connectivity index (χ0v) is 43.8. The third kappa shape index (κ3) is 7.27. The first-order valence-electron chi connectivity index (χ1n) is 27.5. The molecule has 4 heterocycles. The number of hydrogen-bond acceptors (Lipinski definition) is 8. The van der Waals surface area contributed by atoms with Gasteiger partial charge in [-0.15, -0.1) is 0 Å². The van der Waals surface area contributed by atoms with Crippen LogP contribution in [0.5, 0.6) is 11.5 Å². The Hall–Kier alpha value is -5.38.